The molecule has 3 nitrogen and oxygen atoms in total. The number of aliphatic hydroxyl groups is 3. The van der Waals surface area contributed by atoms with Gasteiger partial charge < -0.3 is 15.3 Å². The van der Waals surface area contributed by atoms with Gasteiger partial charge in [-0.25, -0.2) is 0 Å². The van der Waals surface area contributed by atoms with Crippen molar-refractivity contribution in [3.8, 4) is 0 Å². The van der Waals surface area contributed by atoms with Crippen molar-refractivity contribution in [1.29, 1.82) is 0 Å². The van der Waals surface area contributed by atoms with E-state index in [-0.39, 0.29) is 30.1 Å². The Labute approximate surface area is 150 Å². The highest BCUT2D eigenvalue weighted by molar-refractivity contribution is 4.67. The number of hydrogen-bond donors (Lipinski definition) is 3. The van der Waals surface area contributed by atoms with Gasteiger partial charge in [-0.2, -0.15) is 0 Å². The van der Waals surface area contributed by atoms with Crippen molar-refractivity contribution in [2.75, 3.05) is 13.2 Å². The van der Waals surface area contributed by atoms with E-state index in [1.165, 1.54) is 38.5 Å². The molecule has 0 spiro atoms. The zero-order valence-corrected chi connectivity index (χ0v) is 16.8. The zero-order valence-electron chi connectivity index (χ0n) is 16.8. The quantitative estimate of drug-likeness (QED) is 0.343. The standard InChI is InChI=1S/C21H44O3/c1-20(2,17-22)15-11-7-5-9-13-19(24)14-10-6-8-12-16-21(3,4)18-23/h19,22-24H,5-18H2,1-4H3. The number of hydrogen-bond acceptors (Lipinski definition) is 3. The van der Waals surface area contributed by atoms with Gasteiger partial charge in [0.15, 0.2) is 0 Å². The molecule has 24 heavy (non-hydrogen) atoms. The topological polar surface area (TPSA) is 60.7 Å². The molecule has 0 saturated heterocycles. The van der Waals surface area contributed by atoms with Crippen LogP contribution < -0.4 is 0 Å². The third kappa shape index (κ3) is 14.2. The summed E-state index contributed by atoms with van der Waals surface area (Å²) < 4.78 is 0. The summed E-state index contributed by atoms with van der Waals surface area (Å²) in [4.78, 5) is 0. The number of rotatable bonds is 16. The fraction of sp³-hybridized carbons (Fsp3) is 1.00. The Balaban J connectivity index is 3.40. The van der Waals surface area contributed by atoms with Crippen LogP contribution in [0.15, 0.2) is 0 Å². The minimum atomic E-state index is -0.132. The van der Waals surface area contributed by atoms with Crippen LogP contribution in [0.5, 0.6) is 0 Å². The molecule has 146 valence electrons. The molecule has 0 bridgehead atoms. The summed E-state index contributed by atoms with van der Waals surface area (Å²) in [5.74, 6) is 0. The smallest absolute Gasteiger partial charge is 0.0540 e. The molecule has 0 unspecified atom stereocenters. The van der Waals surface area contributed by atoms with Gasteiger partial charge in [-0.1, -0.05) is 79.1 Å². The van der Waals surface area contributed by atoms with E-state index < -0.39 is 0 Å². The Morgan fingerprint density at radius 2 is 0.917 bits per heavy atom. The molecule has 3 heteroatoms. The Morgan fingerprint density at radius 1 is 0.583 bits per heavy atom. The zero-order chi connectivity index (χ0) is 18.5. The molecule has 0 atom stereocenters. The second-order valence-corrected chi connectivity index (χ2v) is 9.20. The molecule has 0 aromatic rings. The maximum absolute atomic E-state index is 10.0. The van der Waals surface area contributed by atoms with Crippen LogP contribution in [0.4, 0.5) is 0 Å². The van der Waals surface area contributed by atoms with E-state index in [0.29, 0.717) is 0 Å². The van der Waals surface area contributed by atoms with Crippen LogP contribution >= 0.6 is 0 Å². The molecule has 3 N–H and O–H groups in total. The largest absolute Gasteiger partial charge is 0.396 e. The lowest BCUT2D eigenvalue weighted by Crippen LogP contribution is -2.16. The van der Waals surface area contributed by atoms with Gasteiger partial charge in [-0.15, -0.1) is 0 Å². The van der Waals surface area contributed by atoms with Crippen LogP contribution in [-0.2, 0) is 0 Å². The van der Waals surface area contributed by atoms with Crippen molar-refractivity contribution >= 4 is 0 Å². The third-order valence-corrected chi connectivity index (χ3v) is 5.14. The monoisotopic (exact) mass is 344 g/mol. The highest BCUT2D eigenvalue weighted by Crippen LogP contribution is 2.24. The van der Waals surface area contributed by atoms with Crippen LogP contribution in [-0.4, -0.2) is 34.6 Å². The molecule has 0 fully saturated rings. The molecule has 0 aromatic carbocycles. The van der Waals surface area contributed by atoms with Crippen LogP contribution in [0.1, 0.15) is 105 Å². The van der Waals surface area contributed by atoms with Crippen molar-refractivity contribution < 1.29 is 15.3 Å². The Hall–Kier alpha value is -0.120. The average molecular weight is 345 g/mol. The van der Waals surface area contributed by atoms with E-state index in [0.717, 1.165) is 38.5 Å². The predicted molar refractivity (Wildman–Crippen MR) is 103 cm³/mol. The van der Waals surface area contributed by atoms with Crippen molar-refractivity contribution in [3.05, 3.63) is 0 Å². The maximum atomic E-state index is 10.0. The summed E-state index contributed by atoms with van der Waals surface area (Å²) in [6, 6.07) is 0. The Bertz CT molecular complexity index is 259. The van der Waals surface area contributed by atoms with Gasteiger partial charge in [0, 0.05) is 13.2 Å². The van der Waals surface area contributed by atoms with Crippen molar-refractivity contribution in [1.82, 2.24) is 0 Å². The van der Waals surface area contributed by atoms with Crippen LogP contribution in [0.25, 0.3) is 0 Å². The molecule has 0 saturated carbocycles. The highest BCUT2D eigenvalue weighted by Gasteiger charge is 2.16. The summed E-state index contributed by atoms with van der Waals surface area (Å²) in [6.45, 7) is 8.98. The van der Waals surface area contributed by atoms with Gasteiger partial charge in [0.2, 0.25) is 0 Å². The lowest BCUT2D eigenvalue weighted by Gasteiger charge is -2.21. The summed E-state index contributed by atoms with van der Waals surface area (Å²) >= 11 is 0. The Kier molecular flexibility index (Phi) is 13.1. The Morgan fingerprint density at radius 3 is 1.25 bits per heavy atom. The first-order valence-corrected chi connectivity index (χ1v) is 10.1. The summed E-state index contributed by atoms with van der Waals surface area (Å²) in [6.07, 6.45) is 13.3. The molecule has 0 radical (unpaired) electrons. The van der Waals surface area contributed by atoms with Crippen molar-refractivity contribution in [2.24, 2.45) is 10.8 Å². The van der Waals surface area contributed by atoms with Crippen LogP contribution in [0.3, 0.4) is 0 Å². The fourth-order valence-corrected chi connectivity index (χ4v) is 2.98. The minimum Gasteiger partial charge on any atom is -0.396 e. The molecule has 0 aliphatic carbocycles. The van der Waals surface area contributed by atoms with Crippen molar-refractivity contribution in [2.45, 2.75) is 111 Å². The first-order chi connectivity index (χ1) is 11.2. The first kappa shape index (κ1) is 23.9. The average Bonchev–Trinajstić information content (AvgIpc) is 2.54. The molecule has 0 aromatic heterocycles. The molecule has 0 rings (SSSR count). The van der Waals surface area contributed by atoms with Gasteiger partial charge in [-0.05, 0) is 36.5 Å². The van der Waals surface area contributed by atoms with Gasteiger partial charge >= 0.3 is 0 Å². The van der Waals surface area contributed by atoms with E-state index in [4.69, 9.17) is 0 Å². The SMILES string of the molecule is CC(C)(CO)CCCCCCC(O)CCCCCCC(C)(C)CO. The van der Waals surface area contributed by atoms with Crippen LogP contribution in [0, 0.1) is 10.8 Å². The van der Waals surface area contributed by atoms with E-state index in [2.05, 4.69) is 27.7 Å². The van der Waals surface area contributed by atoms with E-state index in [1.54, 1.807) is 0 Å². The molecule has 0 aliphatic heterocycles. The fourth-order valence-electron chi connectivity index (χ4n) is 2.98. The second kappa shape index (κ2) is 13.1. The molecule has 0 aliphatic rings. The van der Waals surface area contributed by atoms with Crippen molar-refractivity contribution in [3.63, 3.8) is 0 Å². The lowest BCUT2D eigenvalue weighted by molar-refractivity contribution is 0.140. The maximum Gasteiger partial charge on any atom is 0.0540 e. The summed E-state index contributed by atoms with van der Waals surface area (Å²) in [5, 5.41) is 28.5. The van der Waals surface area contributed by atoms with Gasteiger partial charge in [0.05, 0.1) is 6.10 Å². The first-order valence-electron chi connectivity index (χ1n) is 10.1. The van der Waals surface area contributed by atoms with E-state index >= 15 is 0 Å². The normalized spacial score (nSPS) is 13.0. The van der Waals surface area contributed by atoms with E-state index in [1.807, 2.05) is 0 Å². The number of unbranched alkanes of at least 4 members (excludes halogenated alkanes) is 6. The second-order valence-electron chi connectivity index (χ2n) is 9.20. The number of aliphatic hydroxyl groups excluding tert-OH is 3. The van der Waals surface area contributed by atoms with Gasteiger partial charge in [0.1, 0.15) is 0 Å². The minimum absolute atomic E-state index is 0.0614. The molecular formula is C21H44O3. The molecular weight excluding hydrogens is 300 g/mol. The third-order valence-electron chi connectivity index (χ3n) is 5.14. The lowest BCUT2D eigenvalue weighted by atomic mass is 9.87. The van der Waals surface area contributed by atoms with Gasteiger partial charge in [0.25, 0.3) is 0 Å². The van der Waals surface area contributed by atoms with Crippen LogP contribution in [0.2, 0.25) is 0 Å². The summed E-state index contributed by atoms with van der Waals surface area (Å²) in [5.41, 5.74) is 0.123. The van der Waals surface area contributed by atoms with Gasteiger partial charge in [-0.3, -0.25) is 0 Å². The predicted octanol–water partition coefficient (Wildman–Crippen LogP) is 5.07. The molecule has 0 heterocycles. The molecule has 0 amide bonds. The van der Waals surface area contributed by atoms with E-state index in [9.17, 15) is 15.3 Å². The summed E-state index contributed by atoms with van der Waals surface area (Å²) in [7, 11) is 0. The highest BCUT2D eigenvalue weighted by atomic mass is 16.3.